The molecule has 0 saturated carbocycles. The summed E-state index contributed by atoms with van der Waals surface area (Å²) < 4.78 is 0. The van der Waals surface area contributed by atoms with Crippen LogP contribution in [0.1, 0.15) is 47.0 Å². The minimum Gasteiger partial charge on any atom is -0.103 e. The summed E-state index contributed by atoms with van der Waals surface area (Å²) in [5.74, 6) is 2.40. The third kappa shape index (κ3) is 4.58. The van der Waals surface area contributed by atoms with E-state index in [2.05, 4.69) is 40.3 Å². The van der Waals surface area contributed by atoms with Crippen LogP contribution in [-0.2, 0) is 0 Å². The molecule has 0 aliphatic heterocycles. The molecule has 0 aliphatic carbocycles. The molecular formula is C12H24. The number of hydrogen-bond acceptors (Lipinski definition) is 0. The minimum atomic E-state index is 0.680. The highest BCUT2D eigenvalue weighted by molar-refractivity contribution is 4.77. The van der Waals surface area contributed by atoms with Gasteiger partial charge in [-0.15, -0.1) is 6.58 Å². The van der Waals surface area contributed by atoms with Gasteiger partial charge in [-0.3, -0.25) is 0 Å². The normalized spacial score (nSPS) is 18.3. The van der Waals surface area contributed by atoms with E-state index in [-0.39, 0.29) is 0 Å². The van der Waals surface area contributed by atoms with Crippen LogP contribution in [0, 0.1) is 17.8 Å². The topological polar surface area (TPSA) is 0 Å². The lowest BCUT2D eigenvalue weighted by atomic mass is 9.85. The molecule has 0 saturated heterocycles. The van der Waals surface area contributed by atoms with Crippen LogP contribution in [0.3, 0.4) is 0 Å². The zero-order valence-corrected chi connectivity index (χ0v) is 9.14. The van der Waals surface area contributed by atoms with E-state index in [0.717, 1.165) is 11.8 Å². The van der Waals surface area contributed by atoms with Crippen molar-refractivity contribution in [2.24, 2.45) is 17.8 Å². The molecule has 0 aromatic rings. The Labute approximate surface area is 78.1 Å². The third-order valence-electron chi connectivity index (χ3n) is 2.86. The molecule has 3 atom stereocenters. The van der Waals surface area contributed by atoms with Crippen molar-refractivity contribution < 1.29 is 0 Å². The van der Waals surface area contributed by atoms with Crippen molar-refractivity contribution in [1.82, 2.24) is 0 Å². The molecule has 12 heavy (non-hydrogen) atoms. The second-order valence-electron chi connectivity index (χ2n) is 4.19. The molecule has 0 aromatic carbocycles. The van der Waals surface area contributed by atoms with Crippen LogP contribution in [0.2, 0.25) is 0 Å². The van der Waals surface area contributed by atoms with Gasteiger partial charge in [-0.1, -0.05) is 46.6 Å². The zero-order chi connectivity index (χ0) is 9.56. The molecule has 0 fully saturated rings. The summed E-state index contributed by atoms with van der Waals surface area (Å²) in [6.45, 7) is 13.1. The van der Waals surface area contributed by atoms with Crippen LogP contribution < -0.4 is 0 Å². The van der Waals surface area contributed by atoms with Gasteiger partial charge in [0, 0.05) is 0 Å². The van der Waals surface area contributed by atoms with Gasteiger partial charge in [0.25, 0.3) is 0 Å². The summed E-state index contributed by atoms with van der Waals surface area (Å²) in [6.07, 6.45) is 6.04. The Balaban J connectivity index is 3.69. The zero-order valence-electron chi connectivity index (χ0n) is 9.14. The second kappa shape index (κ2) is 6.28. The van der Waals surface area contributed by atoms with Crippen LogP contribution in [0.5, 0.6) is 0 Å². The molecule has 0 heteroatoms. The van der Waals surface area contributed by atoms with Crippen LogP contribution in [0.15, 0.2) is 12.7 Å². The van der Waals surface area contributed by atoms with Gasteiger partial charge in [0.2, 0.25) is 0 Å². The van der Waals surface area contributed by atoms with Crippen molar-refractivity contribution in [3.63, 3.8) is 0 Å². The lowest BCUT2D eigenvalue weighted by Crippen LogP contribution is -2.10. The Hall–Kier alpha value is -0.260. The summed E-state index contributed by atoms with van der Waals surface area (Å²) in [5.41, 5.74) is 0. The monoisotopic (exact) mass is 168 g/mol. The number of rotatable bonds is 6. The van der Waals surface area contributed by atoms with E-state index >= 15 is 0 Å². The summed E-state index contributed by atoms with van der Waals surface area (Å²) in [6, 6.07) is 0. The van der Waals surface area contributed by atoms with Gasteiger partial charge < -0.3 is 0 Å². The van der Waals surface area contributed by atoms with Gasteiger partial charge >= 0.3 is 0 Å². The molecule has 3 unspecified atom stereocenters. The quantitative estimate of drug-likeness (QED) is 0.519. The molecule has 0 nitrogen and oxygen atoms in total. The molecule has 0 aliphatic rings. The SMILES string of the molecule is C=CC(C)CC(C)C(C)CCC. The fraction of sp³-hybridized carbons (Fsp3) is 0.833. The summed E-state index contributed by atoms with van der Waals surface area (Å²) in [4.78, 5) is 0. The Bertz CT molecular complexity index is 115. The molecule has 0 amide bonds. The summed E-state index contributed by atoms with van der Waals surface area (Å²) in [5, 5.41) is 0. The van der Waals surface area contributed by atoms with Crippen LogP contribution >= 0.6 is 0 Å². The summed E-state index contributed by atoms with van der Waals surface area (Å²) >= 11 is 0. The van der Waals surface area contributed by atoms with Gasteiger partial charge in [0.05, 0.1) is 0 Å². The van der Waals surface area contributed by atoms with Gasteiger partial charge in [0.1, 0.15) is 0 Å². The maximum absolute atomic E-state index is 3.82. The van der Waals surface area contributed by atoms with E-state index in [1.807, 2.05) is 0 Å². The largest absolute Gasteiger partial charge is 0.103 e. The fourth-order valence-electron chi connectivity index (χ4n) is 1.65. The van der Waals surface area contributed by atoms with Crippen molar-refractivity contribution in [1.29, 1.82) is 0 Å². The lowest BCUT2D eigenvalue weighted by Gasteiger charge is -2.21. The number of hydrogen-bond donors (Lipinski definition) is 0. The lowest BCUT2D eigenvalue weighted by molar-refractivity contribution is 0.317. The van der Waals surface area contributed by atoms with Crippen molar-refractivity contribution in [3.05, 3.63) is 12.7 Å². The van der Waals surface area contributed by atoms with Crippen molar-refractivity contribution in [3.8, 4) is 0 Å². The van der Waals surface area contributed by atoms with Crippen LogP contribution in [-0.4, -0.2) is 0 Å². The highest BCUT2D eigenvalue weighted by Crippen LogP contribution is 2.23. The Morgan fingerprint density at radius 3 is 2.17 bits per heavy atom. The van der Waals surface area contributed by atoms with Crippen LogP contribution in [0.4, 0.5) is 0 Å². The van der Waals surface area contributed by atoms with Gasteiger partial charge in [-0.05, 0) is 24.2 Å². The van der Waals surface area contributed by atoms with E-state index in [4.69, 9.17) is 0 Å². The van der Waals surface area contributed by atoms with E-state index in [1.165, 1.54) is 19.3 Å². The average molecular weight is 168 g/mol. The Morgan fingerprint density at radius 1 is 1.17 bits per heavy atom. The van der Waals surface area contributed by atoms with Gasteiger partial charge in [0.15, 0.2) is 0 Å². The standard InChI is InChI=1S/C12H24/c1-6-8-11(4)12(5)9-10(3)7-2/h7,10-12H,2,6,8-9H2,1,3-5H3. The van der Waals surface area contributed by atoms with Crippen LogP contribution in [0.25, 0.3) is 0 Å². The van der Waals surface area contributed by atoms with E-state index in [0.29, 0.717) is 5.92 Å². The number of allylic oxidation sites excluding steroid dienone is 1. The maximum atomic E-state index is 3.82. The van der Waals surface area contributed by atoms with E-state index in [1.54, 1.807) is 0 Å². The van der Waals surface area contributed by atoms with Crippen molar-refractivity contribution in [2.45, 2.75) is 47.0 Å². The molecule has 0 radical (unpaired) electrons. The first-order valence-corrected chi connectivity index (χ1v) is 5.24. The molecule has 0 spiro atoms. The van der Waals surface area contributed by atoms with Crippen molar-refractivity contribution in [2.75, 3.05) is 0 Å². The highest BCUT2D eigenvalue weighted by atomic mass is 14.2. The molecule has 0 aromatic heterocycles. The van der Waals surface area contributed by atoms with Gasteiger partial charge in [-0.2, -0.15) is 0 Å². The van der Waals surface area contributed by atoms with Gasteiger partial charge in [-0.25, -0.2) is 0 Å². The van der Waals surface area contributed by atoms with E-state index in [9.17, 15) is 0 Å². The molecule has 0 heterocycles. The smallest absolute Gasteiger partial charge is 0.0262 e. The fourth-order valence-corrected chi connectivity index (χ4v) is 1.65. The minimum absolute atomic E-state index is 0.680. The first-order chi connectivity index (χ1) is 5.61. The summed E-state index contributed by atoms with van der Waals surface area (Å²) in [7, 11) is 0. The second-order valence-corrected chi connectivity index (χ2v) is 4.19. The maximum Gasteiger partial charge on any atom is -0.0262 e. The van der Waals surface area contributed by atoms with Crippen molar-refractivity contribution >= 4 is 0 Å². The molecule has 0 N–H and O–H groups in total. The third-order valence-corrected chi connectivity index (χ3v) is 2.86. The molecule has 0 rings (SSSR count). The first kappa shape index (κ1) is 11.7. The molecule has 0 bridgehead atoms. The predicted octanol–water partition coefficient (Wildman–Crippen LogP) is 4.27. The predicted molar refractivity (Wildman–Crippen MR) is 57.2 cm³/mol. The Morgan fingerprint density at radius 2 is 1.75 bits per heavy atom. The molecule has 72 valence electrons. The first-order valence-electron chi connectivity index (χ1n) is 5.24. The average Bonchev–Trinajstić information content (AvgIpc) is 2.04. The Kier molecular flexibility index (Phi) is 6.14. The molecular weight excluding hydrogens is 144 g/mol. The van der Waals surface area contributed by atoms with E-state index < -0.39 is 0 Å². The highest BCUT2D eigenvalue weighted by Gasteiger charge is 2.12.